The number of nitrogens with zero attached hydrogens (tertiary/aromatic N) is 1. The Hall–Kier alpha value is -3.29. The van der Waals surface area contributed by atoms with Crippen molar-refractivity contribution >= 4 is 23.5 Å². The normalized spacial score (nSPS) is 18.9. The third-order valence-electron chi connectivity index (χ3n) is 4.59. The van der Waals surface area contributed by atoms with Crippen LogP contribution in [0.5, 0.6) is 5.75 Å². The van der Waals surface area contributed by atoms with E-state index in [1.807, 2.05) is 0 Å². The van der Waals surface area contributed by atoms with E-state index in [9.17, 15) is 14.4 Å². The molecule has 0 spiro atoms. The van der Waals surface area contributed by atoms with E-state index < -0.39 is 11.9 Å². The summed E-state index contributed by atoms with van der Waals surface area (Å²) in [6, 6.07) is 9.46. The molecule has 2 amide bonds. The van der Waals surface area contributed by atoms with Gasteiger partial charge in [0.05, 0.1) is 12.2 Å². The van der Waals surface area contributed by atoms with Gasteiger partial charge in [-0.2, -0.15) is 0 Å². The van der Waals surface area contributed by atoms with Crippen LogP contribution in [0, 0.1) is 5.92 Å². The fourth-order valence-corrected chi connectivity index (χ4v) is 3.11. The molecule has 0 aliphatic carbocycles. The molecule has 1 aromatic carbocycles. The largest absolute Gasteiger partial charge is 0.484 e. The molecule has 2 atom stereocenters. The monoisotopic (exact) mass is 372 g/mol. The van der Waals surface area contributed by atoms with Crippen LogP contribution in [0.15, 0.2) is 47.1 Å². The number of furan rings is 1. The lowest BCUT2D eigenvalue weighted by Crippen LogP contribution is -2.40. The van der Waals surface area contributed by atoms with E-state index in [0.717, 1.165) is 0 Å². The van der Waals surface area contributed by atoms with Gasteiger partial charge >= 0.3 is 5.97 Å². The van der Waals surface area contributed by atoms with Crippen molar-refractivity contribution in [2.45, 2.75) is 19.4 Å². The summed E-state index contributed by atoms with van der Waals surface area (Å²) in [6.45, 7) is 1.93. The van der Waals surface area contributed by atoms with E-state index in [0.29, 0.717) is 24.4 Å². The topological polar surface area (TPSA) is 109 Å². The van der Waals surface area contributed by atoms with E-state index in [-0.39, 0.29) is 30.2 Å². The highest BCUT2D eigenvalue weighted by Gasteiger charge is 2.38. The molecule has 3 rings (SSSR count). The molecule has 27 heavy (non-hydrogen) atoms. The van der Waals surface area contributed by atoms with E-state index in [1.165, 1.54) is 11.2 Å². The quantitative estimate of drug-likeness (QED) is 0.805. The van der Waals surface area contributed by atoms with Crippen LogP contribution in [0.1, 0.15) is 23.9 Å². The minimum absolute atomic E-state index is 0.188. The molecule has 2 aromatic rings. The molecule has 2 unspecified atom stereocenters. The number of rotatable bonds is 6. The van der Waals surface area contributed by atoms with Crippen LogP contribution in [0.25, 0.3) is 0 Å². The molecule has 2 heterocycles. The number of likely N-dealkylation sites (tertiary alicyclic amines) is 1. The maximum absolute atomic E-state index is 12.3. The van der Waals surface area contributed by atoms with Gasteiger partial charge in [0.1, 0.15) is 5.75 Å². The van der Waals surface area contributed by atoms with Crippen LogP contribution >= 0.6 is 0 Å². The third kappa shape index (κ3) is 4.28. The number of carbonyl (C=O) groups excluding carboxylic acids is 2. The lowest BCUT2D eigenvalue weighted by Gasteiger charge is -2.23. The number of amides is 2. The summed E-state index contributed by atoms with van der Waals surface area (Å²) in [6.07, 6.45) is 1.85. The highest BCUT2D eigenvalue weighted by molar-refractivity contribution is 6.02. The standard InChI is InChI=1S/C19H20N2O6/c1-12-15(19(24)25)7-8-21(12)17(22)11-27-14-5-2-4-13(10-14)20-18(23)16-6-3-9-26-16/h2-6,9-10,12,15H,7-8,11H2,1H3,(H,20,23)(H,24,25). The number of anilines is 1. The average Bonchev–Trinajstić information content (AvgIpc) is 3.30. The van der Waals surface area contributed by atoms with Gasteiger partial charge < -0.3 is 24.5 Å². The molecule has 1 saturated heterocycles. The molecule has 8 heteroatoms. The van der Waals surface area contributed by atoms with Gasteiger partial charge in [0.2, 0.25) is 0 Å². The minimum atomic E-state index is -0.890. The number of carboxylic acid groups (broad SMARTS) is 1. The molecule has 0 radical (unpaired) electrons. The van der Waals surface area contributed by atoms with Crippen molar-refractivity contribution in [1.82, 2.24) is 4.90 Å². The maximum Gasteiger partial charge on any atom is 0.308 e. The molecule has 0 bridgehead atoms. The van der Waals surface area contributed by atoms with Crippen LogP contribution in [0.2, 0.25) is 0 Å². The van der Waals surface area contributed by atoms with Crippen molar-refractivity contribution in [3.05, 3.63) is 48.4 Å². The number of ether oxygens (including phenoxy) is 1. The predicted octanol–water partition coefficient (Wildman–Crippen LogP) is 2.23. The first kappa shape index (κ1) is 18.5. The summed E-state index contributed by atoms with van der Waals surface area (Å²) < 4.78 is 10.6. The van der Waals surface area contributed by atoms with E-state index in [2.05, 4.69) is 5.32 Å². The highest BCUT2D eigenvalue weighted by atomic mass is 16.5. The van der Waals surface area contributed by atoms with Crippen LogP contribution < -0.4 is 10.1 Å². The Balaban J connectivity index is 1.56. The average molecular weight is 372 g/mol. The number of nitrogens with one attached hydrogen (secondary N) is 1. The summed E-state index contributed by atoms with van der Waals surface area (Å²) in [4.78, 5) is 37.0. The van der Waals surface area contributed by atoms with Crippen molar-refractivity contribution in [3.63, 3.8) is 0 Å². The Bertz CT molecular complexity index is 832. The fourth-order valence-electron chi connectivity index (χ4n) is 3.11. The SMILES string of the molecule is CC1C(C(=O)O)CCN1C(=O)COc1cccc(NC(=O)c2ccco2)c1. The summed E-state index contributed by atoms with van der Waals surface area (Å²) in [7, 11) is 0. The summed E-state index contributed by atoms with van der Waals surface area (Å²) in [5.74, 6) is -1.49. The zero-order chi connectivity index (χ0) is 19.4. The van der Waals surface area contributed by atoms with E-state index in [4.69, 9.17) is 14.3 Å². The van der Waals surface area contributed by atoms with Gasteiger partial charge in [0.15, 0.2) is 12.4 Å². The number of hydrogen-bond donors (Lipinski definition) is 2. The van der Waals surface area contributed by atoms with E-state index >= 15 is 0 Å². The van der Waals surface area contributed by atoms with Crippen molar-refractivity contribution < 1.29 is 28.6 Å². The molecule has 1 aliphatic heterocycles. The predicted molar refractivity (Wildman–Crippen MR) is 95.5 cm³/mol. The molecule has 8 nitrogen and oxygen atoms in total. The summed E-state index contributed by atoms with van der Waals surface area (Å²) in [5, 5.41) is 11.8. The first-order valence-electron chi connectivity index (χ1n) is 8.55. The van der Waals surface area contributed by atoms with Crippen LogP contribution in [-0.2, 0) is 9.59 Å². The number of benzene rings is 1. The zero-order valence-electron chi connectivity index (χ0n) is 14.8. The first-order valence-corrected chi connectivity index (χ1v) is 8.55. The summed E-state index contributed by atoms with van der Waals surface area (Å²) >= 11 is 0. The van der Waals surface area contributed by atoms with Gasteiger partial charge in [0.25, 0.3) is 11.8 Å². The van der Waals surface area contributed by atoms with Gasteiger partial charge in [-0.3, -0.25) is 14.4 Å². The zero-order valence-corrected chi connectivity index (χ0v) is 14.8. The second kappa shape index (κ2) is 7.94. The number of hydrogen-bond acceptors (Lipinski definition) is 5. The second-order valence-corrected chi connectivity index (χ2v) is 6.31. The maximum atomic E-state index is 12.3. The second-order valence-electron chi connectivity index (χ2n) is 6.31. The fraction of sp³-hybridized carbons (Fsp3) is 0.316. The van der Waals surface area contributed by atoms with Gasteiger partial charge in [-0.15, -0.1) is 0 Å². The lowest BCUT2D eigenvalue weighted by molar-refractivity contribution is -0.143. The lowest BCUT2D eigenvalue weighted by atomic mass is 10.0. The minimum Gasteiger partial charge on any atom is -0.484 e. The third-order valence-corrected chi connectivity index (χ3v) is 4.59. The highest BCUT2D eigenvalue weighted by Crippen LogP contribution is 2.25. The first-order chi connectivity index (χ1) is 13.0. The Kier molecular flexibility index (Phi) is 5.44. The molecule has 0 saturated carbocycles. The van der Waals surface area contributed by atoms with Crippen LogP contribution in [0.3, 0.4) is 0 Å². The molecule has 2 N–H and O–H groups in total. The van der Waals surface area contributed by atoms with Gasteiger partial charge in [-0.05, 0) is 37.6 Å². The molecule has 1 aliphatic rings. The Labute approximate surface area is 155 Å². The number of carboxylic acids is 1. The molecular formula is C19H20N2O6. The summed E-state index contributed by atoms with van der Waals surface area (Å²) in [5.41, 5.74) is 0.502. The van der Waals surface area contributed by atoms with Gasteiger partial charge in [0, 0.05) is 24.3 Å². The van der Waals surface area contributed by atoms with Crippen molar-refractivity contribution in [2.24, 2.45) is 5.92 Å². The Morgan fingerprint density at radius 2 is 2.11 bits per heavy atom. The van der Waals surface area contributed by atoms with E-state index in [1.54, 1.807) is 43.3 Å². The smallest absolute Gasteiger partial charge is 0.308 e. The van der Waals surface area contributed by atoms with Gasteiger partial charge in [-0.25, -0.2) is 0 Å². The van der Waals surface area contributed by atoms with Crippen LogP contribution in [0.4, 0.5) is 5.69 Å². The molecular weight excluding hydrogens is 352 g/mol. The molecule has 1 fully saturated rings. The molecule has 1 aromatic heterocycles. The molecule has 142 valence electrons. The Morgan fingerprint density at radius 3 is 2.78 bits per heavy atom. The Morgan fingerprint density at radius 1 is 1.30 bits per heavy atom. The van der Waals surface area contributed by atoms with Crippen molar-refractivity contribution in [2.75, 3.05) is 18.5 Å². The number of aliphatic carboxylic acids is 1. The number of carbonyl (C=O) groups is 3. The van der Waals surface area contributed by atoms with Crippen molar-refractivity contribution in [3.8, 4) is 5.75 Å². The van der Waals surface area contributed by atoms with Crippen molar-refractivity contribution in [1.29, 1.82) is 0 Å². The van der Waals surface area contributed by atoms with Gasteiger partial charge in [-0.1, -0.05) is 6.07 Å². The van der Waals surface area contributed by atoms with Crippen LogP contribution in [-0.4, -0.2) is 47.0 Å².